The fraction of sp³-hybridized carbons (Fsp3) is 0.538. The Balaban J connectivity index is 1.33. The van der Waals surface area contributed by atoms with Crippen LogP contribution in [0.25, 0.3) is 0 Å². The van der Waals surface area contributed by atoms with E-state index in [9.17, 15) is 5.11 Å². The first kappa shape index (κ1) is 34.0. The first-order valence-electron chi connectivity index (χ1n) is 16.8. The molecule has 0 saturated carbocycles. The molecule has 0 aliphatic heterocycles. The van der Waals surface area contributed by atoms with E-state index >= 15 is 0 Å². The molecule has 3 heteroatoms. The molecule has 0 fully saturated rings. The van der Waals surface area contributed by atoms with E-state index in [4.69, 9.17) is 9.47 Å². The molecular weight excluding hydrogens is 516 g/mol. The summed E-state index contributed by atoms with van der Waals surface area (Å²) < 4.78 is 12.6. The lowest BCUT2D eigenvalue weighted by molar-refractivity contribution is -0.0468. The number of ether oxygens (including phenoxy) is 2. The molecule has 230 valence electrons. The number of rotatable bonds is 24. The molecule has 0 aromatic heterocycles. The summed E-state index contributed by atoms with van der Waals surface area (Å²) in [5.41, 5.74) is 2.33. The van der Waals surface area contributed by atoms with Gasteiger partial charge in [-0.05, 0) is 29.5 Å². The van der Waals surface area contributed by atoms with E-state index in [-0.39, 0.29) is 6.61 Å². The molecule has 0 radical (unpaired) electrons. The van der Waals surface area contributed by atoms with Gasteiger partial charge in [0.25, 0.3) is 0 Å². The number of hydrogen-bond donors (Lipinski definition) is 1. The summed E-state index contributed by atoms with van der Waals surface area (Å²) in [6.45, 7) is 3.83. The van der Waals surface area contributed by atoms with Gasteiger partial charge in [-0.25, -0.2) is 0 Å². The lowest BCUT2D eigenvalue weighted by atomic mass is 9.80. The minimum absolute atomic E-state index is 0.223. The van der Waals surface area contributed by atoms with Crippen molar-refractivity contribution in [1.29, 1.82) is 0 Å². The summed E-state index contributed by atoms with van der Waals surface area (Å²) >= 11 is 0. The third kappa shape index (κ3) is 12.0. The van der Waals surface area contributed by atoms with E-state index in [0.717, 1.165) is 29.7 Å². The first-order chi connectivity index (χ1) is 20.8. The van der Waals surface area contributed by atoms with Gasteiger partial charge in [0.15, 0.2) is 0 Å². The summed E-state index contributed by atoms with van der Waals surface area (Å²) in [5, 5.41) is 10.9. The van der Waals surface area contributed by atoms with E-state index in [1.165, 1.54) is 83.5 Å². The average molecular weight is 573 g/mol. The van der Waals surface area contributed by atoms with Crippen LogP contribution in [-0.2, 0) is 15.1 Å². The van der Waals surface area contributed by atoms with Crippen LogP contribution in [0, 0.1) is 0 Å². The number of aliphatic hydroxyl groups is 1. The first-order valence-corrected chi connectivity index (χ1v) is 16.8. The van der Waals surface area contributed by atoms with E-state index in [1.54, 1.807) is 0 Å². The molecule has 0 saturated heterocycles. The van der Waals surface area contributed by atoms with Gasteiger partial charge in [0, 0.05) is 13.2 Å². The molecule has 3 aromatic rings. The van der Waals surface area contributed by atoms with Crippen LogP contribution >= 0.6 is 0 Å². The van der Waals surface area contributed by atoms with Crippen molar-refractivity contribution in [3.63, 3.8) is 0 Å². The van der Waals surface area contributed by atoms with Gasteiger partial charge in [-0.2, -0.15) is 0 Å². The zero-order valence-corrected chi connectivity index (χ0v) is 26.2. The number of aliphatic hydroxyl groups excluding tert-OH is 1. The van der Waals surface area contributed by atoms with Crippen LogP contribution in [0.15, 0.2) is 91.0 Å². The highest BCUT2D eigenvalue weighted by molar-refractivity contribution is 5.47. The fourth-order valence-corrected chi connectivity index (χ4v) is 5.79. The van der Waals surface area contributed by atoms with Gasteiger partial charge >= 0.3 is 0 Å². The van der Waals surface area contributed by atoms with E-state index in [0.29, 0.717) is 13.0 Å². The predicted octanol–water partition coefficient (Wildman–Crippen LogP) is 10.2. The Morgan fingerprint density at radius 1 is 0.524 bits per heavy atom. The minimum atomic E-state index is -0.806. The van der Waals surface area contributed by atoms with E-state index in [2.05, 4.69) is 43.3 Å². The highest BCUT2D eigenvalue weighted by Crippen LogP contribution is 2.40. The molecule has 0 aliphatic carbocycles. The van der Waals surface area contributed by atoms with Crippen LogP contribution < -0.4 is 0 Å². The third-order valence-electron chi connectivity index (χ3n) is 8.27. The summed E-state index contributed by atoms with van der Waals surface area (Å²) in [7, 11) is 0. The maximum Gasteiger partial charge on any atom is 0.143 e. The van der Waals surface area contributed by atoms with E-state index in [1.807, 2.05) is 54.6 Å². The van der Waals surface area contributed by atoms with E-state index < -0.39 is 11.7 Å². The zero-order chi connectivity index (χ0) is 29.6. The predicted molar refractivity (Wildman–Crippen MR) is 177 cm³/mol. The van der Waals surface area contributed by atoms with Crippen molar-refractivity contribution in [1.82, 2.24) is 0 Å². The average Bonchev–Trinajstić information content (AvgIpc) is 3.04. The second kappa shape index (κ2) is 21.3. The van der Waals surface area contributed by atoms with Crippen molar-refractivity contribution in [2.45, 2.75) is 115 Å². The summed E-state index contributed by atoms with van der Waals surface area (Å²) in [5.74, 6) is 0. The zero-order valence-electron chi connectivity index (χ0n) is 26.2. The molecule has 1 N–H and O–H groups in total. The molecular formula is C39H56O3. The van der Waals surface area contributed by atoms with Crippen LogP contribution in [0.1, 0.15) is 120 Å². The minimum Gasteiger partial charge on any atom is -0.391 e. The SMILES string of the molecule is CCCCCCCCCCCCCCCCOCCC(O)COC(c1ccccc1)(c1ccccc1)c1ccccc1. The lowest BCUT2D eigenvalue weighted by Gasteiger charge is -2.36. The number of unbranched alkanes of at least 4 members (excludes halogenated alkanes) is 13. The summed E-state index contributed by atoms with van der Waals surface area (Å²) in [4.78, 5) is 0. The van der Waals surface area contributed by atoms with Crippen molar-refractivity contribution in [3.05, 3.63) is 108 Å². The molecule has 0 amide bonds. The highest BCUT2D eigenvalue weighted by Gasteiger charge is 2.37. The fourth-order valence-electron chi connectivity index (χ4n) is 5.79. The Labute approximate surface area is 256 Å². The quantitative estimate of drug-likeness (QED) is 0.0857. The molecule has 0 aliphatic rings. The normalized spacial score (nSPS) is 12.4. The summed E-state index contributed by atoms with van der Waals surface area (Å²) in [6, 6.07) is 30.9. The Hall–Kier alpha value is -2.46. The standard InChI is InChI=1S/C39H56O3/c1-2-3-4-5-6-7-8-9-10-11-12-13-14-24-32-41-33-31-38(40)34-42-39(35-25-18-15-19-26-35,36-27-20-16-21-28-36)37-29-22-17-23-30-37/h15-23,25-30,38,40H,2-14,24,31-34H2,1H3. The monoisotopic (exact) mass is 572 g/mol. The molecule has 0 spiro atoms. The van der Waals surface area contributed by atoms with Gasteiger partial charge in [0.1, 0.15) is 5.60 Å². The van der Waals surface area contributed by atoms with Crippen LogP contribution in [0.2, 0.25) is 0 Å². The van der Waals surface area contributed by atoms with Crippen molar-refractivity contribution in [2.75, 3.05) is 19.8 Å². The lowest BCUT2D eigenvalue weighted by Crippen LogP contribution is -2.36. The summed E-state index contributed by atoms with van der Waals surface area (Å²) in [6.07, 6.45) is 19.0. The maximum absolute atomic E-state index is 10.9. The number of hydrogen-bond acceptors (Lipinski definition) is 3. The smallest absolute Gasteiger partial charge is 0.143 e. The third-order valence-corrected chi connectivity index (χ3v) is 8.27. The highest BCUT2D eigenvalue weighted by atomic mass is 16.5. The van der Waals surface area contributed by atoms with Crippen molar-refractivity contribution >= 4 is 0 Å². The van der Waals surface area contributed by atoms with Crippen LogP contribution in [0.3, 0.4) is 0 Å². The van der Waals surface area contributed by atoms with Gasteiger partial charge in [-0.1, -0.05) is 181 Å². The van der Waals surface area contributed by atoms with Crippen LogP contribution in [-0.4, -0.2) is 31.0 Å². The molecule has 1 atom stereocenters. The van der Waals surface area contributed by atoms with Gasteiger partial charge in [-0.15, -0.1) is 0 Å². The van der Waals surface area contributed by atoms with Gasteiger partial charge in [-0.3, -0.25) is 0 Å². The Bertz CT molecular complexity index is 925. The maximum atomic E-state index is 10.9. The van der Waals surface area contributed by atoms with Gasteiger partial charge in [0.2, 0.25) is 0 Å². The Kier molecular flexibility index (Phi) is 17.2. The Morgan fingerprint density at radius 2 is 0.905 bits per heavy atom. The molecule has 1 unspecified atom stereocenters. The molecule has 42 heavy (non-hydrogen) atoms. The number of benzene rings is 3. The molecule has 3 aromatic carbocycles. The topological polar surface area (TPSA) is 38.7 Å². The second-order valence-corrected chi connectivity index (χ2v) is 11.7. The van der Waals surface area contributed by atoms with Crippen molar-refractivity contribution < 1.29 is 14.6 Å². The molecule has 3 nitrogen and oxygen atoms in total. The van der Waals surface area contributed by atoms with Crippen molar-refractivity contribution in [2.24, 2.45) is 0 Å². The molecule has 0 heterocycles. The van der Waals surface area contributed by atoms with Gasteiger partial charge < -0.3 is 14.6 Å². The molecule has 0 bridgehead atoms. The molecule has 3 rings (SSSR count). The van der Waals surface area contributed by atoms with Crippen LogP contribution in [0.5, 0.6) is 0 Å². The second-order valence-electron chi connectivity index (χ2n) is 11.7. The van der Waals surface area contributed by atoms with Gasteiger partial charge in [0.05, 0.1) is 12.7 Å². The van der Waals surface area contributed by atoms with Crippen LogP contribution in [0.4, 0.5) is 0 Å². The largest absolute Gasteiger partial charge is 0.391 e. The van der Waals surface area contributed by atoms with Crippen molar-refractivity contribution in [3.8, 4) is 0 Å². The Morgan fingerprint density at radius 3 is 1.31 bits per heavy atom.